The van der Waals surface area contributed by atoms with E-state index in [0.29, 0.717) is 29.4 Å². The van der Waals surface area contributed by atoms with E-state index in [-0.39, 0.29) is 5.56 Å². The van der Waals surface area contributed by atoms with Crippen LogP contribution in [0.3, 0.4) is 0 Å². The maximum atomic E-state index is 13.0. The molecule has 0 saturated carbocycles. The van der Waals surface area contributed by atoms with Crippen LogP contribution in [0, 0.1) is 0 Å². The number of nitrogens with zero attached hydrogens (tertiary/aromatic N) is 2. The predicted molar refractivity (Wildman–Crippen MR) is 110 cm³/mol. The fraction of sp³-hybridized carbons (Fsp3) is 0.450. The van der Waals surface area contributed by atoms with Crippen molar-refractivity contribution >= 4 is 17.3 Å². The molecule has 0 aliphatic carbocycles. The summed E-state index contributed by atoms with van der Waals surface area (Å²) in [5.74, 6) is -0.661. The number of halogens is 1. The third-order valence-corrected chi connectivity index (χ3v) is 5.02. The van der Waals surface area contributed by atoms with Crippen molar-refractivity contribution in [2.75, 3.05) is 26.2 Å². The average Bonchev–Trinajstić information content (AvgIpc) is 2.67. The van der Waals surface area contributed by atoms with E-state index in [0.717, 1.165) is 30.6 Å². The summed E-state index contributed by atoms with van der Waals surface area (Å²) in [7, 11) is 0. The van der Waals surface area contributed by atoms with Gasteiger partial charge < -0.3 is 10.0 Å². The van der Waals surface area contributed by atoms with E-state index in [4.69, 9.17) is 11.6 Å². The number of aromatic nitrogens is 2. The minimum absolute atomic E-state index is 0.0766. The normalized spacial score (nSPS) is 12.0. The number of rotatable bonds is 9. The van der Waals surface area contributed by atoms with Crippen LogP contribution in [0.1, 0.15) is 39.2 Å². The first kappa shape index (κ1) is 21.9. The molecule has 2 rings (SSSR count). The van der Waals surface area contributed by atoms with Crippen LogP contribution < -0.4 is 21.3 Å². The lowest BCUT2D eigenvalue weighted by atomic mass is 10.1. The minimum atomic E-state index is -0.776. The summed E-state index contributed by atoms with van der Waals surface area (Å²) in [6.45, 7) is 9.75. The van der Waals surface area contributed by atoms with Gasteiger partial charge in [0.2, 0.25) is 0 Å². The first-order valence-corrected chi connectivity index (χ1v) is 10.00. The van der Waals surface area contributed by atoms with E-state index in [9.17, 15) is 14.7 Å². The van der Waals surface area contributed by atoms with Gasteiger partial charge in [0.05, 0.1) is 25.2 Å². The number of hydrogen-bond acceptors (Lipinski definition) is 4. The van der Waals surface area contributed by atoms with Crippen molar-refractivity contribution in [1.29, 1.82) is 0 Å². The highest BCUT2D eigenvalue weighted by atomic mass is 35.5. The largest absolute Gasteiger partial charge is 0.859 e. The zero-order chi connectivity index (χ0) is 20.7. The van der Waals surface area contributed by atoms with Crippen molar-refractivity contribution in [1.82, 2.24) is 9.55 Å². The Morgan fingerprint density at radius 2 is 1.82 bits per heavy atom. The van der Waals surface area contributed by atoms with Crippen LogP contribution in [0.2, 0.25) is 5.02 Å². The van der Waals surface area contributed by atoms with Crippen LogP contribution in [0.25, 0.3) is 5.69 Å². The molecule has 0 radical (unpaired) electrons. The number of aromatic amines is 1. The number of H-pyrrole nitrogens is 1. The Hall–Kier alpha value is -2.38. The Balaban J connectivity index is 2.39. The van der Waals surface area contributed by atoms with Crippen LogP contribution in [0.15, 0.2) is 38.8 Å². The van der Waals surface area contributed by atoms with Crippen LogP contribution in [-0.2, 0) is 0 Å². The molecule has 2 N–H and O–H groups in total. The predicted octanol–water partition coefficient (Wildman–Crippen LogP) is 0.767. The average molecular weight is 407 g/mol. The fourth-order valence-corrected chi connectivity index (χ4v) is 3.24. The van der Waals surface area contributed by atoms with Gasteiger partial charge in [-0.25, -0.2) is 4.79 Å². The van der Waals surface area contributed by atoms with Crippen LogP contribution in [0.5, 0.6) is 5.88 Å². The highest BCUT2D eigenvalue weighted by Gasteiger charge is 2.14. The van der Waals surface area contributed by atoms with Gasteiger partial charge in [-0.3, -0.25) is 19.3 Å². The zero-order valence-electron chi connectivity index (χ0n) is 16.5. The van der Waals surface area contributed by atoms with E-state index in [1.165, 1.54) is 4.90 Å². The standard InChI is InChI=1S/C20H27ClN4O3/c1-4-16(22-12-7-13-24(5-2)6-3)17-18(26)23-20(28)25(19(17)27)15-10-8-14(21)9-11-15/h8-11,27H,4-7,12-13H2,1-3H3,(H,23,26,28). The molecular weight excluding hydrogens is 380 g/mol. The highest BCUT2D eigenvalue weighted by Crippen LogP contribution is 2.17. The molecule has 0 bridgehead atoms. The van der Waals surface area contributed by atoms with Crippen molar-refractivity contribution in [3.63, 3.8) is 0 Å². The van der Waals surface area contributed by atoms with E-state index in [2.05, 4.69) is 23.8 Å². The van der Waals surface area contributed by atoms with Gasteiger partial charge in [0, 0.05) is 29.4 Å². The van der Waals surface area contributed by atoms with E-state index >= 15 is 0 Å². The summed E-state index contributed by atoms with van der Waals surface area (Å²) in [5, 5.41) is 13.4. The van der Waals surface area contributed by atoms with Gasteiger partial charge in [-0.2, -0.15) is 0 Å². The second kappa shape index (κ2) is 10.2. The van der Waals surface area contributed by atoms with Crippen LogP contribution in [0.4, 0.5) is 0 Å². The second-order valence-electron chi connectivity index (χ2n) is 6.49. The smallest absolute Gasteiger partial charge is 0.332 e. The summed E-state index contributed by atoms with van der Waals surface area (Å²) in [6, 6.07) is 6.28. The molecule has 8 heteroatoms. The van der Waals surface area contributed by atoms with Crippen LogP contribution >= 0.6 is 11.6 Å². The van der Waals surface area contributed by atoms with Gasteiger partial charge in [-0.05, 0) is 50.4 Å². The minimum Gasteiger partial charge on any atom is -0.859 e. The molecule has 2 aromatic rings. The third kappa shape index (κ3) is 5.11. The molecule has 28 heavy (non-hydrogen) atoms. The summed E-state index contributed by atoms with van der Waals surface area (Å²) >= 11 is 5.88. The maximum Gasteiger partial charge on any atom is 0.332 e. The van der Waals surface area contributed by atoms with E-state index in [1.807, 2.05) is 6.92 Å². The molecule has 0 amide bonds. The van der Waals surface area contributed by atoms with Gasteiger partial charge in [0.15, 0.2) is 0 Å². The quantitative estimate of drug-likeness (QED) is 0.475. The Morgan fingerprint density at radius 1 is 1.18 bits per heavy atom. The molecule has 0 aliphatic heterocycles. The molecule has 0 unspecified atom stereocenters. The SMILES string of the molecule is CCC(=NCCC[NH+](CC)CC)c1c([O-])n(-c2ccc(Cl)cc2)c(=O)[nH]c1=O. The number of hydrogen-bond donors (Lipinski definition) is 2. The second-order valence-corrected chi connectivity index (χ2v) is 6.93. The lowest BCUT2D eigenvalue weighted by Gasteiger charge is -2.20. The molecule has 0 fully saturated rings. The molecular formula is C20H27ClN4O3. The molecule has 0 saturated heterocycles. The van der Waals surface area contributed by atoms with Gasteiger partial charge in [0.25, 0.3) is 5.56 Å². The topological polar surface area (TPSA) is 94.7 Å². The number of aliphatic imine (C=N–C) groups is 1. The molecule has 0 aliphatic rings. The lowest BCUT2D eigenvalue weighted by Crippen LogP contribution is -3.11. The van der Waals surface area contributed by atoms with Gasteiger partial charge in [-0.15, -0.1) is 0 Å². The van der Waals surface area contributed by atoms with Crippen molar-refractivity contribution < 1.29 is 10.0 Å². The number of quaternary nitrogens is 1. The Labute approximate surface area is 169 Å². The Morgan fingerprint density at radius 3 is 2.39 bits per heavy atom. The first-order valence-electron chi connectivity index (χ1n) is 9.62. The van der Waals surface area contributed by atoms with Crippen molar-refractivity contribution in [3.8, 4) is 11.6 Å². The highest BCUT2D eigenvalue weighted by molar-refractivity contribution is 6.30. The summed E-state index contributed by atoms with van der Waals surface area (Å²) < 4.78 is 0.943. The summed E-state index contributed by atoms with van der Waals surface area (Å²) in [5.41, 5.74) is -0.787. The fourth-order valence-electron chi connectivity index (χ4n) is 3.11. The zero-order valence-corrected chi connectivity index (χ0v) is 17.3. The monoisotopic (exact) mass is 406 g/mol. The van der Waals surface area contributed by atoms with Gasteiger partial charge in [-0.1, -0.05) is 18.5 Å². The molecule has 1 aromatic heterocycles. The van der Waals surface area contributed by atoms with Crippen LogP contribution in [-0.4, -0.2) is 41.4 Å². The molecule has 7 nitrogen and oxygen atoms in total. The number of nitrogens with one attached hydrogen (secondary N) is 2. The van der Waals surface area contributed by atoms with Crippen molar-refractivity contribution in [2.45, 2.75) is 33.6 Å². The molecule has 152 valence electrons. The van der Waals surface area contributed by atoms with E-state index < -0.39 is 17.1 Å². The molecule has 1 heterocycles. The van der Waals surface area contributed by atoms with Crippen molar-refractivity contribution in [2.24, 2.45) is 4.99 Å². The van der Waals surface area contributed by atoms with E-state index in [1.54, 1.807) is 24.3 Å². The van der Waals surface area contributed by atoms with Gasteiger partial charge >= 0.3 is 5.69 Å². The summed E-state index contributed by atoms with van der Waals surface area (Å²) in [6.07, 6.45) is 1.29. The molecule has 0 atom stereocenters. The molecule has 1 aromatic carbocycles. The lowest BCUT2D eigenvalue weighted by molar-refractivity contribution is -0.896. The Bertz CT molecular complexity index is 928. The molecule has 0 spiro atoms. The van der Waals surface area contributed by atoms with Gasteiger partial charge in [0.1, 0.15) is 0 Å². The first-order chi connectivity index (χ1) is 13.4. The summed E-state index contributed by atoms with van der Waals surface area (Å²) in [4.78, 5) is 32.8. The van der Waals surface area contributed by atoms with Crippen molar-refractivity contribution in [3.05, 3.63) is 55.7 Å². The maximum absolute atomic E-state index is 13.0. The third-order valence-electron chi connectivity index (χ3n) is 4.77. The Kier molecular flexibility index (Phi) is 8.02. The number of benzene rings is 1.